The van der Waals surface area contributed by atoms with E-state index in [1.165, 1.54) is 23.3 Å². The van der Waals surface area contributed by atoms with Crippen molar-refractivity contribution in [1.82, 2.24) is 9.97 Å². The summed E-state index contributed by atoms with van der Waals surface area (Å²) in [5, 5.41) is 3.26. The standard InChI is InChI=1S/C21H21FN4.ClH/c1-2-18-13-20(23-19-9-7-17(22)8-10-19)25-21(24-18)26-12-11-15-5-3-4-6-16(15)14-26;/h3-10,13H,2,11-12,14H2,1H3,(H,23,24,25);1H. The van der Waals surface area contributed by atoms with Crippen LogP contribution in [0.1, 0.15) is 23.7 Å². The fraction of sp³-hybridized carbons (Fsp3) is 0.238. The zero-order valence-electron chi connectivity index (χ0n) is 15.2. The van der Waals surface area contributed by atoms with Crippen LogP contribution in [-0.4, -0.2) is 16.5 Å². The van der Waals surface area contributed by atoms with Gasteiger partial charge in [-0.05, 0) is 48.2 Å². The minimum atomic E-state index is -0.250. The lowest BCUT2D eigenvalue weighted by atomic mass is 10.0. The van der Waals surface area contributed by atoms with E-state index in [1.54, 1.807) is 12.1 Å². The van der Waals surface area contributed by atoms with Gasteiger partial charge in [-0.1, -0.05) is 31.2 Å². The van der Waals surface area contributed by atoms with Crippen LogP contribution in [0.15, 0.2) is 54.6 Å². The molecule has 1 aromatic heterocycles. The minimum absolute atomic E-state index is 0. The molecule has 0 radical (unpaired) electrons. The van der Waals surface area contributed by atoms with Gasteiger partial charge in [0.05, 0.1) is 0 Å². The van der Waals surface area contributed by atoms with Gasteiger partial charge >= 0.3 is 0 Å². The van der Waals surface area contributed by atoms with E-state index in [9.17, 15) is 4.39 Å². The molecule has 2 aromatic carbocycles. The molecule has 0 atom stereocenters. The van der Waals surface area contributed by atoms with Crippen LogP contribution in [0.25, 0.3) is 0 Å². The Morgan fingerprint density at radius 3 is 2.52 bits per heavy atom. The van der Waals surface area contributed by atoms with E-state index in [1.807, 2.05) is 6.07 Å². The summed E-state index contributed by atoms with van der Waals surface area (Å²) in [6.07, 6.45) is 1.83. The second kappa shape index (κ2) is 8.35. The number of hydrogen-bond acceptors (Lipinski definition) is 4. The molecule has 0 amide bonds. The highest BCUT2D eigenvalue weighted by molar-refractivity contribution is 5.85. The summed E-state index contributed by atoms with van der Waals surface area (Å²) in [7, 11) is 0. The molecule has 0 saturated carbocycles. The Morgan fingerprint density at radius 1 is 1.04 bits per heavy atom. The maximum absolute atomic E-state index is 13.1. The molecule has 1 N–H and O–H groups in total. The average Bonchev–Trinajstić information content (AvgIpc) is 2.69. The maximum Gasteiger partial charge on any atom is 0.227 e. The molecule has 4 nitrogen and oxygen atoms in total. The Bertz CT molecular complexity index is 914. The van der Waals surface area contributed by atoms with Crippen molar-refractivity contribution in [3.05, 3.63) is 77.2 Å². The number of fused-ring (bicyclic) bond motifs is 1. The number of rotatable bonds is 4. The van der Waals surface area contributed by atoms with E-state index in [2.05, 4.69) is 41.4 Å². The van der Waals surface area contributed by atoms with Crippen molar-refractivity contribution in [2.24, 2.45) is 0 Å². The van der Waals surface area contributed by atoms with Crippen molar-refractivity contribution >= 4 is 29.9 Å². The molecular formula is C21H22ClFN4. The highest BCUT2D eigenvalue weighted by Crippen LogP contribution is 2.24. The smallest absolute Gasteiger partial charge is 0.227 e. The molecule has 0 saturated heterocycles. The molecule has 0 unspecified atom stereocenters. The molecule has 4 rings (SSSR count). The molecule has 0 fully saturated rings. The highest BCUT2D eigenvalue weighted by Gasteiger charge is 2.19. The first-order valence-electron chi connectivity index (χ1n) is 8.93. The van der Waals surface area contributed by atoms with Gasteiger partial charge in [0, 0.05) is 30.5 Å². The third-order valence-corrected chi connectivity index (χ3v) is 4.66. The van der Waals surface area contributed by atoms with Crippen LogP contribution < -0.4 is 10.2 Å². The lowest BCUT2D eigenvalue weighted by Gasteiger charge is -2.29. The van der Waals surface area contributed by atoms with Crippen molar-refractivity contribution in [3.8, 4) is 0 Å². The Balaban J connectivity index is 0.00000210. The fourth-order valence-electron chi connectivity index (χ4n) is 3.22. The average molecular weight is 385 g/mol. The predicted octanol–water partition coefficient (Wildman–Crippen LogP) is 4.91. The Hall–Kier alpha value is -2.66. The number of aryl methyl sites for hydroxylation is 1. The number of benzene rings is 2. The Morgan fingerprint density at radius 2 is 1.78 bits per heavy atom. The monoisotopic (exact) mass is 384 g/mol. The predicted molar refractivity (Wildman–Crippen MR) is 110 cm³/mol. The summed E-state index contributed by atoms with van der Waals surface area (Å²) in [6.45, 7) is 3.80. The Labute approximate surface area is 164 Å². The van der Waals surface area contributed by atoms with Crippen LogP contribution in [0.3, 0.4) is 0 Å². The summed E-state index contributed by atoms with van der Waals surface area (Å²) < 4.78 is 13.1. The summed E-state index contributed by atoms with van der Waals surface area (Å²) in [5.74, 6) is 1.22. The topological polar surface area (TPSA) is 41.1 Å². The van der Waals surface area contributed by atoms with Crippen molar-refractivity contribution in [3.63, 3.8) is 0 Å². The van der Waals surface area contributed by atoms with E-state index < -0.39 is 0 Å². The van der Waals surface area contributed by atoms with Gasteiger partial charge in [0.25, 0.3) is 0 Å². The fourth-order valence-corrected chi connectivity index (χ4v) is 3.22. The van der Waals surface area contributed by atoms with Crippen LogP contribution in [0.2, 0.25) is 0 Å². The number of nitrogens with one attached hydrogen (secondary N) is 1. The SMILES string of the molecule is CCc1cc(Nc2ccc(F)cc2)nc(N2CCc3ccccc3C2)n1.Cl. The van der Waals surface area contributed by atoms with Gasteiger partial charge in [0.15, 0.2) is 0 Å². The number of nitrogens with zero attached hydrogens (tertiary/aromatic N) is 3. The molecule has 1 aliphatic heterocycles. The zero-order valence-corrected chi connectivity index (χ0v) is 16.0. The van der Waals surface area contributed by atoms with Gasteiger partial charge in [-0.3, -0.25) is 0 Å². The molecular weight excluding hydrogens is 363 g/mol. The Kier molecular flexibility index (Phi) is 5.91. The second-order valence-electron chi connectivity index (χ2n) is 6.47. The van der Waals surface area contributed by atoms with E-state index in [0.717, 1.165) is 49.1 Å². The number of hydrogen-bond donors (Lipinski definition) is 1. The minimum Gasteiger partial charge on any atom is -0.340 e. The lowest BCUT2D eigenvalue weighted by molar-refractivity contribution is 0.628. The quantitative estimate of drug-likeness (QED) is 0.694. The molecule has 0 aliphatic carbocycles. The summed E-state index contributed by atoms with van der Waals surface area (Å²) in [4.78, 5) is 11.6. The molecule has 1 aliphatic rings. The van der Waals surface area contributed by atoms with E-state index in [4.69, 9.17) is 9.97 Å². The van der Waals surface area contributed by atoms with Crippen molar-refractivity contribution in [2.45, 2.75) is 26.3 Å². The zero-order chi connectivity index (χ0) is 17.9. The molecule has 0 spiro atoms. The molecule has 2 heterocycles. The first kappa shape index (κ1) is 19.1. The summed E-state index contributed by atoms with van der Waals surface area (Å²) in [5.41, 5.74) is 4.53. The first-order valence-corrected chi connectivity index (χ1v) is 8.93. The highest BCUT2D eigenvalue weighted by atomic mass is 35.5. The van der Waals surface area contributed by atoms with Gasteiger partial charge in [0.2, 0.25) is 5.95 Å². The van der Waals surface area contributed by atoms with Crippen molar-refractivity contribution in [2.75, 3.05) is 16.8 Å². The first-order chi connectivity index (χ1) is 12.7. The van der Waals surface area contributed by atoms with Gasteiger partial charge < -0.3 is 10.2 Å². The third kappa shape index (κ3) is 4.37. The third-order valence-electron chi connectivity index (χ3n) is 4.66. The summed E-state index contributed by atoms with van der Waals surface area (Å²) in [6, 6.07) is 16.8. The molecule has 3 aromatic rings. The molecule has 27 heavy (non-hydrogen) atoms. The van der Waals surface area contributed by atoms with Gasteiger partial charge in [-0.25, -0.2) is 9.37 Å². The van der Waals surface area contributed by atoms with Crippen LogP contribution in [0.5, 0.6) is 0 Å². The number of aromatic nitrogens is 2. The van der Waals surface area contributed by atoms with Crippen LogP contribution in [0, 0.1) is 5.82 Å². The summed E-state index contributed by atoms with van der Waals surface area (Å²) >= 11 is 0. The van der Waals surface area contributed by atoms with Gasteiger partial charge in [-0.2, -0.15) is 4.98 Å². The van der Waals surface area contributed by atoms with Crippen LogP contribution >= 0.6 is 12.4 Å². The van der Waals surface area contributed by atoms with E-state index in [-0.39, 0.29) is 18.2 Å². The number of anilines is 3. The lowest BCUT2D eigenvalue weighted by Crippen LogP contribution is -2.32. The second-order valence-corrected chi connectivity index (χ2v) is 6.47. The van der Waals surface area contributed by atoms with E-state index in [0.29, 0.717) is 0 Å². The van der Waals surface area contributed by atoms with Crippen LogP contribution in [-0.2, 0) is 19.4 Å². The maximum atomic E-state index is 13.1. The van der Waals surface area contributed by atoms with Gasteiger partial charge in [0.1, 0.15) is 11.6 Å². The molecule has 140 valence electrons. The number of halogens is 2. The van der Waals surface area contributed by atoms with Gasteiger partial charge in [-0.15, -0.1) is 12.4 Å². The largest absolute Gasteiger partial charge is 0.340 e. The van der Waals surface area contributed by atoms with Crippen molar-refractivity contribution in [1.29, 1.82) is 0 Å². The molecule has 0 bridgehead atoms. The van der Waals surface area contributed by atoms with E-state index >= 15 is 0 Å². The normalized spacial score (nSPS) is 12.9. The molecule has 6 heteroatoms. The van der Waals surface area contributed by atoms with Crippen molar-refractivity contribution < 1.29 is 4.39 Å². The van der Waals surface area contributed by atoms with Crippen LogP contribution in [0.4, 0.5) is 21.8 Å².